The van der Waals surface area contributed by atoms with E-state index >= 15 is 0 Å². The number of likely N-dealkylation sites (tertiary alicyclic amines) is 1. The Labute approximate surface area is 173 Å². The van der Waals surface area contributed by atoms with Crippen LogP contribution in [0, 0.1) is 5.92 Å². The van der Waals surface area contributed by atoms with Crippen molar-refractivity contribution in [2.24, 2.45) is 5.92 Å². The highest BCUT2D eigenvalue weighted by Gasteiger charge is 2.15. The van der Waals surface area contributed by atoms with Crippen molar-refractivity contribution in [1.29, 1.82) is 0 Å². The second-order valence-electron chi connectivity index (χ2n) is 7.85. The molecular formula is C24H31N3O2. The van der Waals surface area contributed by atoms with E-state index < -0.39 is 0 Å². The summed E-state index contributed by atoms with van der Waals surface area (Å²) in [4.78, 5) is 27.5. The number of rotatable bonds is 8. The number of carbonyl (C=O) groups excluding carboxylic acids is 2. The summed E-state index contributed by atoms with van der Waals surface area (Å²) < 4.78 is 0. The molecule has 2 aromatic rings. The fourth-order valence-electron chi connectivity index (χ4n) is 3.62. The molecule has 0 bridgehead atoms. The van der Waals surface area contributed by atoms with Crippen LogP contribution in [0.25, 0.3) is 0 Å². The summed E-state index contributed by atoms with van der Waals surface area (Å²) in [5, 5.41) is 5.84. The molecule has 1 fully saturated rings. The van der Waals surface area contributed by atoms with Crippen LogP contribution in [0.2, 0.25) is 0 Å². The van der Waals surface area contributed by atoms with E-state index in [9.17, 15) is 9.59 Å². The van der Waals surface area contributed by atoms with Gasteiger partial charge in [-0.1, -0.05) is 37.3 Å². The second kappa shape index (κ2) is 10.8. The zero-order valence-electron chi connectivity index (χ0n) is 17.2. The molecule has 2 amide bonds. The lowest BCUT2D eigenvalue weighted by atomic mass is 9.99. The fourth-order valence-corrected chi connectivity index (χ4v) is 3.62. The van der Waals surface area contributed by atoms with Crippen molar-refractivity contribution >= 4 is 17.5 Å². The third-order valence-electron chi connectivity index (χ3n) is 5.52. The molecule has 3 rings (SSSR count). The van der Waals surface area contributed by atoms with E-state index in [1.165, 1.54) is 25.9 Å². The summed E-state index contributed by atoms with van der Waals surface area (Å²) in [6.45, 7) is 6.47. The molecule has 1 heterocycles. The average molecular weight is 394 g/mol. The molecule has 5 nitrogen and oxygen atoms in total. The zero-order chi connectivity index (χ0) is 20.5. The van der Waals surface area contributed by atoms with Crippen LogP contribution in [-0.2, 0) is 0 Å². The smallest absolute Gasteiger partial charge is 0.255 e. The molecule has 0 radical (unpaired) electrons. The molecule has 1 aliphatic rings. The number of carbonyl (C=O) groups is 2. The Morgan fingerprint density at radius 2 is 1.62 bits per heavy atom. The fraction of sp³-hybridized carbons (Fsp3) is 0.417. The molecule has 0 aromatic heterocycles. The van der Waals surface area contributed by atoms with Gasteiger partial charge in [-0.15, -0.1) is 0 Å². The normalized spacial score (nSPS) is 15.1. The number of anilines is 1. The first-order chi connectivity index (χ1) is 14.1. The standard InChI is InChI=1S/C24H31N3O2/c1-19-13-17-27(18-14-19)16-8-7-15-25-24(29)21-11-5-6-12-22(21)26-23(28)20-9-3-2-4-10-20/h2-6,9-12,19H,7-8,13-18H2,1H3,(H,25,29)(H,26,28). The van der Waals surface area contributed by atoms with Gasteiger partial charge in [0.25, 0.3) is 11.8 Å². The molecule has 5 heteroatoms. The van der Waals surface area contributed by atoms with Crippen molar-refractivity contribution in [1.82, 2.24) is 10.2 Å². The minimum absolute atomic E-state index is 0.152. The lowest BCUT2D eigenvalue weighted by Gasteiger charge is -2.30. The zero-order valence-corrected chi connectivity index (χ0v) is 17.2. The van der Waals surface area contributed by atoms with Crippen LogP contribution in [0.3, 0.4) is 0 Å². The number of para-hydroxylation sites is 1. The third-order valence-corrected chi connectivity index (χ3v) is 5.52. The van der Waals surface area contributed by atoms with Gasteiger partial charge in [0.1, 0.15) is 0 Å². The SMILES string of the molecule is CC1CCN(CCCCNC(=O)c2ccccc2NC(=O)c2ccccc2)CC1. The van der Waals surface area contributed by atoms with Gasteiger partial charge in [0.15, 0.2) is 0 Å². The number of nitrogens with zero attached hydrogens (tertiary/aromatic N) is 1. The molecule has 29 heavy (non-hydrogen) atoms. The molecule has 0 aliphatic carbocycles. The highest BCUT2D eigenvalue weighted by atomic mass is 16.2. The Morgan fingerprint density at radius 3 is 2.38 bits per heavy atom. The number of amides is 2. The first-order valence-electron chi connectivity index (χ1n) is 10.6. The van der Waals surface area contributed by atoms with Gasteiger partial charge in [-0.3, -0.25) is 9.59 Å². The van der Waals surface area contributed by atoms with Crippen LogP contribution in [0.1, 0.15) is 53.3 Å². The predicted octanol–water partition coefficient (Wildman–Crippen LogP) is 4.18. The Hall–Kier alpha value is -2.66. The number of unbranched alkanes of at least 4 members (excludes halogenated alkanes) is 1. The Morgan fingerprint density at radius 1 is 0.931 bits per heavy atom. The molecule has 2 N–H and O–H groups in total. The van der Waals surface area contributed by atoms with E-state index in [0.717, 1.165) is 25.3 Å². The van der Waals surface area contributed by atoms with E-state index in [1.54, 1.807) is 24.3 Å². The molecule has 1 saturated heterocycles. The van der Waals surface area contributed by atoms with Crippen LogP contribution < -0.4 is 10.6 Å². The molecular weight excluding hydrogens is 362 g/mol. The number of piperidine rings is 1. The molecule has 0 saturated carbocycles. The summed E-state index contributed by atoms with van der Waals surface area (Å²) in [7, 11) is 0. The molecule has 2 aromatic carbocycles. The summed E-state index contributed by atoms with van der Waals surface area (Å²) in [5.41, 5.74) is 1.58. The van der Waals surface area contributed by atoms with Gasteiger partial charge in [-0.2, -0.15) is 0 Å². The lowest BCUT2D eigenvalue weighted by molar-refractivity contribution is 0.0953. The largest absolute Gasteiger partial charge is 0.352 e. The first kappa shape index (κ1) is 21.1. The molecule has 0 atom stereocenters. The van der Waals surface area contributed by atoms with Crippen LogP contribution in [-0.4, -0.2) is 42.9 Å². The molecule has 1 aliphatic heterocycles. The monoisotopic (exact) mass is 393 g/mol. The second-order valence-corrected chi connectivity index (χ2v) is 7.85. The highest BCUT2D eigenvalue weighted by molar-refractivity contribution is 6.08. The van der Waals surface area contributed by atoms with E-state index in [0.29, 0.717) is 23.4 Å². The third kappa shape index (κ3) is 6.43. The van der Waals surface area contributed by atoms with Crippen LogP contribution in [0.15, 0.2) is 54.6 Å². The summed E-state index contributed by atoms with van der Waals surface area (Å²) in [6.07, 6.45) is 4.63. The van der Waals surface area contributed by atoms with Gasteiger partial charge in [-0.25, -0.2) is 0 Å². The maximum Gasteiger partial charge on any atom is 0.255 e. The Bertz CT molecular complexity index is 799. The number of benzene rings is 2. The van der Waals surface area contributed by atoms with Crippen molar-refractivity contribution in [2.75, 3.05) is 31.5 Å². The summed E-state index contributed by atoms with van der Waals surface area (Å²) in [6, 6.07) is 16.1. The molecule has 0 spiro atoms. The van der Waals surface area contributed by atoms with Crippen molar-refractivity contribution in [3.8, 4) is 0 Å². The number of hydrogen-bond acceptors (Lipinski definition) is 3. The number of hydrogen-bond donors (Lipinski definition) is 2. The Balaban J connectivity index is 1.45. The maximum atomic E-state index is 12.6. The average Bonchev–Trinajstić information content (AvgIpc) is 2.75. The van der Waals surface area contributed by atoms with Crippen LogP contribution in [0.4, 0.5) is 5.69 Å². The minimum atomic E-state index is -0.221. The minimum Gasteiger partial charge on any atom is -0.352 e. The number of nitrogens with one attached hydrogen (secondary N) is 2. The summed E-state index contributed by atoms with van der Waals surface area (Å²) >= 11 is 0. The van der Waals surface area contributed by atoms with Crippen molar-refractivity contribution in [3.05, 3.63) is 65.7 Å². The van der Waals surface area contributed by atoms with Gasteiger partial charge < -0.3 is 15.5 Å². The van der Waals surface area contributed by atoms with Gasteiger partial charge in [0, 0.05) is 12.1 Å². The van der Waals surface area contributed by atoms with Gasteiger partial charge in [0.2, 0.25) is 0 Å². The van der Waals surface area contributed by atoms with Crippen molar-refractivity contribution in [2.45, 2.75) is 32.6 Å². The van der Waals surface area contributed by atoms with Gasteiger partial charge >= 0.3 is 0 Å². The predicted molar refractivity (Wildman–Crippen MR) is 117 cm³/mol. The van der Waals surface area contributed by atoms with Gasteiger partial charge in [-0.05, 0) is 75.5 Å². The van der Waals surface area contributed by atoms with Gasteiger partial charge in [0.05, 0.1) is 11.3 Å². The highest BCUT2D eigenvalue weighted by Crippen LogP contribution is 2.17. The Kier molecular flexibility index (Phi) is 7.82. The lowest BCUT2D eigenvalue weighted by Crippen LogP contribution is -2.34. The molecule has 0 unspecified atom stereocenters. The van der Waals surface area contributed by atoms with E-state index in [-0.39, 0.29) is 11.8 Å². The van der Waals surface area contributed by atoms with E-state index in [1.807, 2.05) is 30.3 Å². The van der Waals surface area contributed by atoms with Crippen molar-refractivity contribution in [3.63, 3.8) is 0 Å². The van der Waals surface area contributed by atoms with E-state index in [4.69, 9.17) is 0 Å². The van der Waals surface area contributed by atoms with Crippen molar-refractivity contribution < 1.29 is 9.59 Å². The van der Waals surface area contributed by atoms with Crippen LogP contribution in [0.5, 0.6) is 0 Å². The first-order valence-corrected chi connectivity index (χ1v) is 10.6. The quantitative estimate of drug-likeness (QED) is 0.662. The summed E-state index contributed by atoms with van der Waals surface area (Å²) in [5.74, 6) is 0.482. The maximum absolute atomic E-state index is 12.6. The van der Waals surface area contributed by atoms with E-state index in [2.05, 4.69) is 22.5 Å². The molecule has 154 valence electrons. The van der Waals surface area contributed by atoms with Crippen LogP contribution >= 0.6 is 0 Å². The topological polar surface area (TPSA) is 61.4 Å².